The summed E-state index contributed by atoms with van der Waals surface area (Å²) in [6.45, 7) is 0. The van der Waals surface area contributed by atoms with Gasteiger partial charge in [-0.2, -0.15) is 5.10 Å². The van der Waals surface area contributed by atoms with Crippen molar-refractivity contribution in [2.75, 3.05) is 11.9 Å². The van der Waals surface area contributed by atoms with Gasteiger partial charge < -0.3 is 10.6 Å². The molecule has 7 heteroatoms. The van der Waals surface area contributed by atoms with Crippen molar-refractivity contribution in [3.63, 3.8) is 0 Å². The van der Waals surface area contributed by atoms with Crippen LogP contribution in [-0.2, 0) is 4.79 Å². The monoisotopic (exact) mass is 317 g/mol. The minimum Gasteiger partial charge on any atom is -0.324 e. The standard InChI is InChI=1S/C15H16ClN5O/c1-20(15(22)10-4-5-11(17)7-10)13-9-21(19-14(13)16)12-3-2-6-18-8-12/h2-6,8-11H,7,17H2,1H3/t10-,11+/m0/s1. The normalized spacial score (nSPS) is 20.3. The molecule has 2 N–H and O–H groups in total. The van der Waals surface area contributed by atoms with Crippen LogP contribution in [0, 0.1) is 5.92 Å². The summed E-state index contributed by atoms with van der Waals surface area (Å²) in [7, 11) is 1.69. The van der Waals surface area contributed by atoms with E-state index in [1.165, 1.54) is 4.90 Å². The number of carbonyl (C=O) groups excluding carboxylic acids is 1. The Morgan fingerprint density at radius 3 is 2.95 bits per heavy atom. The van der Waals surface area contributed by atoms with Crippen molar-refractivity contribution in [2.24, 2.45) is 11.7 Å². The molecule has 0 saturated heterocycles. The summed E-state index contributed by atoms with van der Waals surface area (Å²) in [4.78, 5) is 18.1. The van der Waals surface area contributed by atoms with Gasteiger partial charge in [0, 0.05) is 19.3 Å². The van der Waals surface area contributed by atoms with E-state index in [1.807, 2.05) is 24.3 Å². The highest BCUT2D eigenvalue weighted by atomic mass is 35.5. The van der Waals surface area contributed by atoms with E-state index < -0.39 is 0 Å². The summed E-state index contributed by atoms with van der Waals surface area (Å²) in [5.41, 5.74) is 7.14. The molecule has 22 heavy (non-hydrogen) atoms. The first kappa shape index (κ1) is 14.7. The molecule has 0 radical (unpaired) electrons. The highest BCUT2D eigenvalue weighted by Crippen LogP contribution is 2.28. The topological polar surface area (TPSA) is 77.0 Å². The number of amides is 1. The van der Waals surface area contributed by atoms with Gasteiger partial charge in [-0.15, -0.1) is 0 Å². The third-order valence-electron chi connectivity index (χ3n) is 3.69. The lowest BCUT2D eigenvalue weighted by Crippen LogP contribution is -2.32. The van der Waals surface area contributed by atoms with Crippen LogP contribution in [-0.4, -0.2) is 33.8 Å². The van der Waals surface area contributed by atoms with E-state index >= 15 is 0 Å². The van der Waals surface area contributed by atoms with Crippen molar-refractivity contribution in [3.8, 4) is 5.69 Å². The van der Waals surface area contributed by atoms with Gasteiger partial charge >= 0.3 is 0 Å². The van der Waals surface area contributed by atoms with Gasteiger partial charge in [-0.1, -0.05) is 23.8 Å². The van der Waals surface area contributed by atoms with E-state index in [-0.39, 0.29) is 23.0 Å². The summed E-state index contributed by atoms with van der Waals surface area (Å²) in [5, 5.41) is 4.50. The Morgan fingerprint density at radius 1 is 1.50 bits per heavy atom. The van der Waals surface area contributed by atoms with Crippen molar-refractivity contribution in [3.05, 3.63) is 48.0 Å². The number of nitrogens with zero attached hydrogens (tertiary/aromatic N) is 4. The highest BCUT2D eigenvalue weighted by molar-refractivity contribution is 6.32. The van der Waals surface area contributed by atoms with Crippen LogP contribution >= 0.6 is 11.6 Å². The Labute approximate surface area is 133 Å². The molecule has 2 atom stereocenters. The molecule has 2 aromatic rings. The van der Waals surface area contributed by atoms with Crippen LogP contribution in [0.15, 0.2) is 42.9 Å². The van der Waals surface area contributed by atoms with Gasteiger partial charge in [-0.3, -0.25) is 9.78 Å². The summed E-state index contributed by atoms with van der Waals surface area (Å²) >= 11 is 6.18. The van der Waals surface area contributed by atoms with Crippen LogP contribution < -0.4 is 10.6 Å². The maximum atomic E-state index is 12.5. The fraction of sp³-hybridized carbons (Fsp3) is 0.267. The van der Waals surface area contributed by atoms with Gasteiger partial charge in [0.1, 0.15) is 5.69 Å². The van der Waals surface area contributed by atoms with Crippen molar-refractivity contribution in [2.45, 2.75) is 12.5 Å². The van der Waals surface area contributed by atoms with Crippen LogP contribution in [0.4, 0.5) is 5.69 Å². The van der Waals surface area contributed by atoms with Crippen LogP contribution in [0.1, 0.15) is 6.42 Å². The molecule has 3 rings (SSSR count). The SMILES string of the molecule is CN(C(=O)[C@H]1C=C[C@@H](N)C1)c1cn(-c2cccnc2)nc1Cl. The lowest BCUT2D eigenvalue weighted by molar-refractivity contribution is -0.120. The second-order valence-electron chi connectivity index (χ2n) is 5.25. The second-order valence-corrected chi connectivity index (χ2v) is 5.61. The van der Waals surface area contributed by atoms with Gasteiger partial charge in [0.25, 0.3) is 0 Å². The number of rotatable bonds is 3. The predicted octanol–water partition coefficient (Wildman–Crippen LogP) is 1.79. The van der Waals surface area contributed by atoms with E-state index in [0.717, 1.165) is 5.69 Å². The number of anilines is 1. The van der Waals surface area contributed by atoms with Crippen molar-refractivity contribution >= 4 is 23.2 Å². The van der Waals surface area contributed by atoms with Crippen molar-refractivity contribution in [1.29, 1.82) is 0 Å². The van der Waals surface area contributed by atoms with Gasteiger partial charge in [0.05, 0.1) is 24.0 Å². The summed E-state index contributed by atoms with van der Waals surface area (Å²) < 4.78 is 1.60. The molecular weight excluding hydrogens is 302 g/mol. The van der Waals surface area contributed by atoms with Gasteiger partial charge in [0.2, 0.25) is 5.91 Å². The second kappa shape index (κ2) is 5.90. The Balaban J connectivity index is 1.84. The number of carbonyl (C=O) groups is 1. The molecule has 0 fully saturated rings. The number of pyridine rings is 1. The molecule has 1 amide bonds. The molecule has 2 aromatic heterocycles. The third kappa shape index (κ3) is 2.75. The van der Waals surface area contributed by atoms with E-state index in [4.69, 9.17) is 17.3 Å². The van der Waals surface area contributed by atoms with Crippen molar-refractivity contribution < 1.29 is 4.79 Å². The van der Waals surface area contributed by atoms with Gasteiger partial charge in [0.15, 0.2) is 5.15 Å². The van der Waals surface area contributed by atoms with Crippen LogP contribution in [0.3, 0.4) is 0 Å². The average molecular weight is 318 g/mol. The molecule has 2 heterocycles. The minimum atomic E-state index is -0.210. The molecule has 1 aliphatic carbocycles. The molecule has 0 unspecified atom stereocenters. The first-order valence-electron chi connectivity index (χ1n) is 6.93. The highest BCUT2D eigenvalue weighted by Gasteiger charge is 2.28. The number of hydrogen-bond acceptors (Lipinski definition) is 4. The minimum absolute atomic E-state index is 0.0446. The Hall–Kier alpha value is -2.18. The van der Waals surface area contributed by atoms with E-state index in [1.54, 1.807) is 30.3 Å². The smallest absolute Gasteiger partial charge is 0.233 e. The van der Waals surface area contributed by atoms with E-state index in [9.17, 15) is 4.79 Å². The number of nitrogens with two attached hydrogens (primary N) is 1. The van der Waals surface area contributed by atoms with Crippen LogP contribution in [0.25, 0.3) is 5.69 Å². The maximum Gasteiger partial charge on any atom is 0.233 e. The zero-order valence-corrected chi connectivity index (χ0v) is 12.8. The molecule has 0 aromatic carbocycles. The zero-order chi connectivity index (χ0) is 15.7. The fourth-order valence-electron chi connectivity index (χ4n) is 2.47. The fourth-order valence-corrected chi connectivity index (χ4v) is 2.73. The summed E-state index contributed by atoms with van der Waals surface area (Å²) in [5.74, 6) is -0.255. The first-order valence-corrected chi connectivity index (χ1v) is 7.31. The van der Waals surface area contributed by atoms with Crippen LogP contribution in [0.5, 0.6) is 0 Å². The first-order chi connectivity index (χ1) is 10.6. The lowest BCUT2D eigenvalue weighted by atomic mass is 10.1. The van der Waals surface area contributed by atoms with Crippen LogP contribution in [0.2, 0.25) is 5.15 Å². The number of halogens is 1. The summed E-state index contributed by atoms with van der Waals surface area (Å²) in [6.07, 6.45) is 9.40. The van der Waals surface area contributed by atoms with Crippen molar-refractivity contribution in [1.82, 2.24) is 14.8 Å². The van der Waals surface area contributed by atoms with E-state index in [0.29, 0.717) is 12.1 Å². The number of aromatic nitrogens is 3. The number of hydrogen-bond donors (Lipinski definition) is 1. The Kier molecular flexibility index (Phi) is 3.96. The maximum absolute atomic E-state index is 12.5. The molecule has 1 aliphatic rings. The molecule has 0 bridgehead atoms. The third-order valence-corrected chi connectivity index (χ3v) is 3.96. The predicted molar refractivity (Wildman–Crippen MR) is 85.0 cm³/mol. The summed E-state index contributed by atoms with van der Waals surface area (Å²) in [6, 6.07) is 3.61. The largest absolute Gasteiger partial charge is 0.324 e. The lowest BCUT2D eigenvalue weighted by Gasteiger charge is -2.19. The molecule has 0 saturated carbocycles. The molecular formula is C15H16ClN5O. The zero-order valence-electron chi connectivity index (χ0n) is 12.1. The average Bonchev–Trinajstić information content (AvgIpc) is 3.13. The molecule has 114 valence electrons. The van der Waals surface area contributed by atoms with Gasteiger partial charge in [-0.05, 0) is 18.6 Å². The Morgan fingerprint density at radius 2 is 2.32 bits per heavy atom. The molecule has 0 spiro atoms. The Bertz CT molecular complexity index is 712. The molecule has 0 aliphatic heterocycles. The van der Waals surface area contributed by atoms with E-state index in [2.05, 4.69) is 10.1 Å². The quantitative estimate of drug-likeness (QED) is 0.876. The van der Waals surface area contributed by atoms with Gasteiger partial charge in [-0.25, -0.2) is 4.68 Å². The molecule has 6 nitrogen and oxygen atoms in total.